The summed E-state index contributed by atoms with van der Waals surface area (Å²) in [5, 5.41) is 5.37. The molecule has 1 aromatic rings. The molecule has 1 atom stereocenters. The molecule has 6 nitrogen and oxygen atoms in total. The molecule has 1 rings (SSSR count). The van der Waals surface area contributed by atoms with Gasteiger partial charge in [0.15, 0.2) is 0 Å². The van der Waals surface area contributed by atoms with Gasteiger partial charge in [0, 0.05) is 26.1 Å². The maximum atomic E-state index is 11.7. The number of amides is 2. The molecule has 94 valence electrons. The molecule has 17 heavy (non-hydrogen) atoms. The van der Waals surface area contributed by atoms with E-state index < -0.39 is 6.04 Å². The zero-order chi connectivity index (χ0) is 12.7. The molecular weight excluding hydrogens is 220 g/mol. The van der Waals surface area contributed by atoms with Gasteiger partial charge in [0.1, 0.15) is 6.04 Å². The second kappa shape index (κ2) is 6.67. The Kier molecular flexibility index (Phi) is 5.19. The first kappa shape index (κ1) is 13.2. The van der Waals surface area contributed by atoms with Crippen LogP contribution in [0.4, 0.5) is 0 Å². The second-order valence-corrected chi connectivity index (χ2v) is 3.76. The monoisotopic (exact) mass is 238 g/mol. The van der Waals surface area contributed by atoms with Gasteiger partial charge in [-0.2, -0.15) is 0 Å². The minimum Gasteiger partial charge on any atom is -0.354 e. The Labute approximate surface area is 100 Å². The summed E-state index contributed by atoms with van der Waals surface area (Å²) in [5.74, 6) is -0.350. The van der Waals surface area contributed by atoms with E-state index in [1.165, 1.54) is 6.92 Å². The molecule has 3 N–H and O–H groups in total. The van der Waals surface area contributed by atoms with Gasteiger partial charge < -0.3 is 15.6 Å². The number of nitrogens with zero attached hydrogens (tertiary/aromatic N) is 1. The Hall–Kier alpha value is -1.85. The van der Waals surface area contributed by atoms with Crippen LogP contribution in [0.3, 0.4) is 0 Å². The number of hydrogen-bond donors (Lipinski definition) is 3. The molecule has 0 saturated heterocycles. The van der Waals surface area contributed by atoms with Gasteiger partial charge in [-0.1, -0.05) is 6.92 Å². The van der Waals surface area contributed by atoms with Crippen molar-refractivity contribution in [2.45, 2.75) is 32.7 Å². The van der Waals surface area contributed by atoms with Crippen LogP contribution < -0.4 is 10.6 Å². The number of H-pyrrole nitrogens is 1. The van der Waals surface area contributed by atoms with Crippen molar-refractivity contribution >= 4 is 11.8 Å². The molecular formula is C11H18N4O2. The molecule has 0 aliphatic heterocycles. The van der Waals surface area contributed by atoms with E-state index in [2.05, 4.69) is 20.6 Å². The maximum absolute atomic E-state index is 11.7. The van der Waals surface area contributed by atoms with Crippen LogP contribution in [0.25, 0.3) is 0 Å². The predicted molar refractivity (Wildman–Crippen MR) is 63.2 cm³/mol. The molecule has 0 saturated carbocycles. The number of aromatic amines is 1. The van der Waals surface area contributed by atoms with Crippen molar-refractivity contribution in [2.75, 3.05) is 6.54 Å². The van der Waals surface area contributed by atoms with E-state index in [0.29, 0.717) is 19.4 Å². The summed E-state index contributed by atoms with van der Waals surface area (Å²) in [6, 6.07) is -0.452. The fraction of sp³-hybridized carbons (Fsp3) is 0.545. The smallest absolute Gasteiger partial charge is 0.242 e. The Bertz CT molecular complexity index is 362. The summed E-state index contributed by atoms with van der Waals surface area (Å²) in [4.78, 5) is 29.5. The van der Waals surface area contributed by atoms with Crippen molar-refractivity contribution < 1.29 is 9.59 Å². The Morgan fingerprint density at radius 2 is 2.29 bits per heavy atom. The lowest BCUT2D eigenvalue weighted by molar-refractivity contribution is -0.128. The SMILES string of the molecule is CCC(NC(C)=O)C(=O)NCCc1c[nH]cn1. The summed E-state index contributed by atoms with van der Waals surface area (Å²) in [6.45, 7) is 3.77. The Morgan fingerprint density at radius 3 is 2.82 bits per heavy atom. The highest BCUT2D eigenvalue weighted by atomic mass is 16.2. The van der Waals surface area contributed by atoms with Gasteiger partial charge in [-0.3, -0.25) is 9.59 Å². The van der Waals surface area contributed by atoms with E-state index in [9.17, 15) is 9.59 Å². The van der Waals surface area contributed by atoms with Gasteiger partial charge in [0.2, 0.25) is 11.8 Å². The van der Waals surface area contributed by atoms with Gasteiger partial charge in [-0.15, -0.1) is 0 Å². The highest BCUT2D eigenvalue weighted by molar-refractivity contribution is 5.86. The Balaban J connectivity index is 2.29. The van der Waals surface area contributed by atoms with E-state index >= 15 is 0 Å². The Morgan fingerprint density at radius 1 is 1.53 bits per heavy atom. The van der Waals surface area contributed by atoms with E-state index in [0.717, 1.165) is 5.69 Å². The number of aromatic nitrogens is 2. The number of carbonyl (C=O) groups excluding carboxylic acids is 2. The number of imidazole rings is 1. The van der Waals surface area contributed by atoms with Crippen molar-refractivity contribution in [1.29, 1.82) is 0 Å². The largest absolute Gasteiger partial charge is 0.354 e. The van der Waals surface area contributed by atoms with Crippen LogP contribution in [0.1, 0.15) is 26.0 Å². The highest BCUT2D eigenvalue weighted by Crippen LogP contribution is 1.93. The van der Waals surface area contributed by atoms with Crippen LogP contribution in [0.2, 0.25) is 0 Å². The molecule has 0 spiro atoms. The lowest BCUT2D eigenvalue weighted by Crippen LogP contribution is -2.46. The van der Waals surface area contributed by atoms with E-state index in [1.807, 2.05) is 6.92 Å². The third kappa shape index (κ3) is 4.67. The topological polar surface area (TPSA) is 86.9 Å². The fourth-order valence-corrected chi connectivity index (χ4v) is 1.46. The van der Waals surface area contributed by atoms with Gasteiger partial charge in [0.05, 0.1) is 12.0 Å². The summed E-state index contributed by atoms with van der Waals surface area (Å²) in [7, 11) is 0. The zero-order valence-electron chi connectivity index (χ0n) is 10.1. The minimum atomic E-state index is -0.452. The molecule has 0 fully saturated rings. The molecule has 1 unspecified atom stereocenters. The van der Waals surface area contributed by atoms with E-state index in [1.54, 1.807) is 12.5 Å². The van der Waals surface area contributed by atoms with E-state index in [-0.39, 0.29) is 11.8 Å². The summed E-state index contributed by atoms with van der Waals surface area (Å²) < 4.78 is 0. The molecule has 0 aliphatic rings. The summed E-state index contributed by atoms with van der Waals surface area (Å²) in [6.07, 6.45) is 4.64. The number of carbonyl (C=O) groups is 2. The van der Waals surface area contributed by atoms with E-state index in [4.69, 9.17) is 0 Å². The van der Waals surface area contributed by atoms with Gasteiger partial charge in [0.25, 0.3) is 0 Å². The first-order valence-electron chi connectivity index (χ1n) is 5.66. The molecule has 0 radical (unpaired) electrons. The van der Waals surface area contributed by atoms with Crippen molar-refractivity contribution in [3.63, 3.8) is 0 Å². The highest BCUT2D eigenvalue weighted by Gasteiger charge is 2.16. The quantitative estimate of drug-likeness (QED) is 0.651. The number of rotatable bonds is 6. The molecule has 0 aromatic carbocycles. The molecule has 0 bridgehead atoms. The van der Waals surface area contributed by atoms with Gasteiger partial charge in [-0.05, 0) is 6.42 Å². The van der Waals surface area contributed by atoms with Crippen molar-refractivity contribution in [2.24, 2.45) is 0 Å². The van der Waals surface area contributed by atoms with Gasteiger partial charge >= 0.3 is 0 Å². The van der Waals surface area contributed by atoms with Crippen LogP contribution in [0.15, 0.2) is 12.5 Å². The van der Waals surface area contributed by atoms with Crippen molar-refractivity contribution in [1.82, 2.24) is 20.6 Å². The first-order chi connectivity index (χ1) is 8.13. The minimum absolute atomic E-state index is 0.154. The van der Waals surface area contributed by atoms with Crippen molar-refractivity contribution in [3.05, 3.63) is 18.2 Å². The average Bonchev–Trinajstić information content (AvgIpc) is 2.78. The lowest BCUT2D eigenvalue weighted by atomic mass is 10.2. The molecule has 1 heterocycles. The summed E-state index contributed by atoms with van der Waals surface area (Å²) >= 11 is 0. The van der Waals surface area contributed by atoms with Gasteiger partial charge in [-0.25, -0.2) is 4.98 Å². The predicted octanol–water partition coefficient (Wildman–Crippen LogP) is -0.0169. The molecule has 0 aliphatic carbocycles. The summed E-state index contributed by atoms with van der Waals surface area (Å²) in [5.41, 5.74) is 0.901. The third-order valence-corrected chi connectivity index (χ3v) is 2.34. The third-order valence-electron chi connectivity index (χ3n) is 2.34. The fourth-order valence-electron chi connectivity index (χ4n) is 1.46. The molecule has 6 heteroatoms. The molecule has 1 aromatic heterocycles. The zero-order valence-corrected chi connectivity index (χ0v) is 10.1. The lowest BCUT2D eigenvalue weighted by Gasteiger charge is -2.15. The van der Waals surface area contributed by atoms with Crippen molar-refractivity contribution in [3.8, 4) is 0 Å². The number of hydrogen-bond acceptors (Lipinski definition) is 3. The van der Waals surface area contributed by atoms with Crippen LogP contribution >= 0.6 is 0 Å². The normalized spacial score (nSPS) is 11.9. The van der Waals surface area contributed by atoms with Crippen LogP contribution in [-0.2, 0) is 16.0 Å². The first-order valence-corrected chi connectivity index (χ1v) is 5.66. The molecule has 2 amide bonds. The maximum Gasteiger partial charge on any atom is 0.242 e. The van der Waals surface area contributed by atoms with Crippen LogP contribution in [-0.4, -0.2) is 34.4 Å². The standard InChI is InChI=1S/C11H18N4O2/c1-3-10(15-8(2)16)11(17)13-5-4-9-6-12-7-14-9/h6-7,10H,3-5H2,1-2H3,(H,12,14)(H,13,17)(H,15,16). The number of nitrogens with one attached hydrogen (secondary N) is 3. The second-order valence-electron chi connectivity index (χ2n) is 3.76. The van der Waals surface area contributed by atoms with Crippen LogP contribution in [0.5, 0.6) is 0 Å². The van der Waals surface area contributed by atoms with Crippen LogP contribution in [0, 0.1) is 0 Å². The average molecular weight is 238 g/mol.